The topological polar surface area (TPSA) is 94.2 Å². The van der Waals surface area contributed by atoms with Gasteiger partial charge >= 0.3 is 0 Å². The minimum absolute atomic E-state index is 0.166. The Morgan fingerprint density at radius 1 is 1.23 bits per heavy atom. The summed E-state index contributed by atoms with van der Waals surface area (Å²) in [6.45, 7) is -0.0797. The lowest BCUT2D eigenvalue weighted by Crippen LogP contribution is -2.59. The van der Waals surface area contributed by atoms with E-state index >= 15 is 0 Å². The van der Waals surface area contributed by atoms with Crippen molar-refractivity contribution < 1.29 is 14.7 Å². The second-order valence-corrected chi connectivity index (χ2v) is 8.00. The summed E-state index contributed by atoms with van der Waals surface area (Å²) >= 11 is 10.2. The molecule has 2 atom stereocenters. The van der Waals surface area contributed by atoms with Crippen LogP contribution in [0.1, 0.15) is 11.1 Å². The number of benzene rings is 2. The molecule has 0 fully saturated rings. The molecule has 3 aromatic rings. The molecule has 6 nitrogen and oxygen atoms in total. The largest absolute Gasteiger partial charge is 0.393 e. The Balaban J connectivity index is 1.71. The van der Waals surface area contributed by atoms with Crippen molar-refractivity contribution in [2.45, 2.75) is 24.5 Å². The number of thiol groups is 1. The van der Waals surface area contributed by atoms with Gasteiger partial charge in [-0.2, -0.15) is 12.6 Å². The molecule has 0 aliphatic heterocycles. The van der Waals surface area contributed by atoms with Gasteiger partial charge < -0.3 is 25.5 Å². The highest BCUT2D eigenvalue weighted by Gasteiger charge is 2.34. The number of carbonyl (C=O) groups excluding carboxylic acids is 2. The predicted octanol–water partition coefficient (Wildman–Crippen LogP) is 2.50. The molecule has 0 bridgehead atoms. The molecule has 158 valence electrons. The van der Waals surface area contributed by atoms with Crippen molar-refractivity contribution in [2.75, 3.05) is 12.4 Å². The summed E-state index contributed by atoms with van der Waals surface area (Å²) in [6.07, 6.45) is 2.56. The number of amides is 1. The monoisotopic (exact) mass is 445 g/mol. The van der Waals surface area contributed by atoms with E-state index in [9.17, 15) is 14.7 Å². The quantitative estimate of drug-likeness (QED) is 0.245. The van der Waals surface area contributed by atoms with Gasteiger partial charge in [-0.1, -0.05) is 41.9 Å². The second-order valence-electron chi connectivity index (χ2n) is 7.20. The Kier molecular flexibility index (Phi) is 7.55. The maximum atomic E-state index is 12.9. The molecule has 2 aromatic carbocycles. The van der Waals surface area contributed by atoms with Crippen molar-refractivity contribution in [2.24, 2.45) is 0 Å². The third kappa shape index (κ3) is 5.23. The summed E-state index contributed by atoms with van der Waals surface area (Å²) in [6, 6.07) is 14.3. The number of para-hydroxylation sites is 1. The SMILES string of the molecule is O=C[C@](CO)(Cc1c[nH]c2ccccc12)NC(=O)[C@H](CS)NCc1ccc(Cl)cc1. The Morgan fingerprint density at radius 2 is 1.97 bits per heavy atom. The average Bonchev–Trinajstić information content (AvgIpc) is 3.17. The van der Waals surface area contributed by atoms with Crippen LogP contribution in [0.2, 0.25) is 5.02 Å². The molecule has 1 heterocycles. The zero-order chi connectivity index (χ0) is 21.6. The summed E-state index contributed by atoms with van der Waals surface area (Å²) in [7, 11) is 0. The standard InChI is InChI=1S/C22H24ClN3O3S/c23-17-7-5-15(6-8-17)10-24-20(12-30)21(29)26-22(13-27,14-28)9-16-11-25-19-4-2-1-3-18(16)19/h1-8,11,13,20,24-25,28,30H,9-10,12,14H2,(H,26,29)/t20-,22-/m0/s1. The number of hydrogen-bond acceptors (Lipinski definition) is 5. The van der Waals surface area contributed by atoms with Gasteiger partial charge in [-0.3, -0.25) is 4.79 Å². The molecule has 4 N–H and O–H groups in total. The summed E-state index contributed by atoms with van der Waals surface area (Å²) in [5.41, 5.74) is 1.30. The summed E-state index contributed by atoms with van der Waals surface area (Å²) in [5.74, 6) is -0.174. The first kappa shape index (κ1) is 22.4. The number of H-pyrrole nitrogens is 1. The molecular weight excluding hydrogens is 422 g/mol. The fourth-order valence-electron chi connectivity index (χ4n) is 3.28. The molecular formula is C22H24ClN3O3S. The first-order valence-corrected chi connectivity index (χ1v) is 10.5. The van der Waals surface area contributed by atoms with Crippen LogP contribution in [0.15, 0.2) is 54.7 Å². The molecule has 0 spiro atoms. The Hall–Kier alpha value is -2.32. The number of halogens is 1. The van der Waals surface area contributed by atoms with Gasteiger partial charge in [0.1, 0.15) is 11.8 Å². The fraction of sp³-hybridized carbons (Fsp3) is 0.273. The van der Waals surface area contributed by atoms with Gasteiger partial charge in [0.25, 0.3) is 0 Å². The Labute approximate surface area is 185 Å². The molecule has 0 saturated carbocycles. The van der Waals surface area contributed by atoms with Crippen LogP contribution >= 0.6 is 24.2 Å². The van der Waals surface area contributed by atoms with E-state index in [1.165, 1.54) is 0 Å². The number of fused-ring (bicyclic) bond motifs is 1. The minimum atomic E-state index is -1.43. The molecule has 0 aliphatic rings. The summed E-state index contributed by atoms with van der Waals surface area (Å²) < 4.78 is 0. The smallest absolute Gasteiger partial charge is 0.238 e. The number of aliphatic hydroxyl groups excluding tert-OH is 1. The Morgan fingerprint density at radius 3 is 2.63 bits per heavy atom. The zero-order valence-electron chi connectivity index (χ0n) is 16.3. The molecule has 3 rings (SSSR count). The van der Waals surface area contributed by atoms with Gasteiger partial charge in [-0.05, 0) is 29.3 Å². The zero-order valence-corrected chi connectivity index (χ0v) is 17.9. The van der Waals surface area contributed by atoms with Crippen LogP contribution in [0, 0.1) is 0 Å². The van der Waals surface area contributed by atoms with Gasteiger partial charge in [-0.25, -0.2) is 0 Å². The van der Waals surface area contributed by atoms with Crippen LogP contribution in [0.5, 0.6) is 0 Å². The van der Waals surface area contributed by atoms with E-state index < -0.39 is 24.1 Å². The summed E-state index contributed by atoms with van der Waals surface area (Å²) in [5, 5.41) is 17.4. The van der Waals surface area contributed by atoms with E-state index in [1.54, 1.807) is 18.3 Å². The average molecular weight is 446 g/mol. The molecule has 30 heavy (non-hydrogen) atoms. The number of hydrogen-bond donors (Lipinski definition) is 5. The van der Waals surface area contributed by atoms with Gasteiger partial charge in [-0.15, -0.1) is 0 Å². The molecule has 1 aromatic heterocycles. The number of aromatic amines is 1. The number of carbonyl (C=O) groups is 2. The maximum absolute atomic E-state index is 12.9. The van der Waals surface area contributed by atoms with Crippen LogP contribution in [0.4, 0.5) is 0 Å². The van der Waals surface area contributed by atoms with E-state index in [0.717, 1.165) is 22.0 Å². The van der Waals surface area contributed by atoms with Crippen molar-refractivity contribution in [3.63, 3.8) is 0 Å². The van der Waals surface area contributed by atoms with Crippen molar-refractivity contribution >= 4 is 47.3 Å². The van der Waals surface area contributed by atoms with Crippen molar-refractivity contribution in [3.05, 3.63) is 70.9 Å². The van der Waals surface area contributed by atoms with Gasteiger partial charge in [0.05, 0.1) is 12.6 Å². The normalized spacial score (nSPS) is 14.2. The number of aromatic nitrogens is 1. The number of aliphatic hydroxyl groups is 1. The van der Waals surface area contributed by atoms with Crippen molar-refractivity contribution in [1.29, 1.82) is 0 Å². The first-order valence-electron chi connectivity index (χ1n) is 9.53. The molecule has 0 saturated heterocycles. The molecule has 0 unspecified atom stereocenters. The van der Waals surface area contributed by atoms with Crippen LogP contribution in [-0.2, 0) is 22.6 Å². The highest BCUT2D eigenvalue weighted by atomic mass is 35.5. The van der Waals surface area contributed by atoms with Crippen molar-refractivity contribution in [1.82, 2.24) is 15.6 Å². The highest BCUT2D eigenvalue weighted by Crippen LogP contribution is 2.22. The molecule has 0 radical (unpaired) electrons. The van der Waals surface area contributed by atoms with Crippen LogP contribution < -0.4 is 10.6 Å². The van der Waals surface area contributed by atoms with E-state index in [0.29, 0.717) is 17.9 Å². The van der Waals surface area contributed by atoms with Gasteiger partial charge in [0.15, 0.2) is 0 Å². The van der Waals surface area contributed by atoms with Gasteiger partial charge in [0.2, 0.25) is 5.91 Å². The van der Waals surface area contributed by atoms with Crippen LogP contribution in [-0.4, -0.2) is 46.2 Å². The molecule has 1 amide bonds. The maximum Gasteiger partial charge on any atom is 0.238 e. The lowest BCUT2D eigenvalue weighted by Gasteiger charge is -2.29. The minimum Gasteiger partial charge on any atom is -0.393 e. The third-order valence-corrected chi connectivity index (χ3v) is 5.64. The lowest BCUT2D eigenvalue weighted by molar-refractivity contribution is -0.129. The fourth-order valence-corrected chi connectivity index (χ4v) is 3.70. The number of rotatable bonds is 10. The second kappa shape index (κ2) is 10.1. The number of aldehydes is 1. The first-order chi connectivity index (χ1) is 14.5. The third-order valence-electron chi connectivity index (χ3n) is 5.03. The lowest BCUT2D eigenvalue weighted by atomic mass is 9.92. The summed E-state index contributed by atoms with van der Waals surface area (Å²) in [4.78, 5) is 27.9. The van der Waals surface area contributed by atoms with E-state index in [1.807, 2.05) is 36.4 Å². The van der Waals surface area contributed by atoms with E-state index in [4.69, 9.17) is 11.6 Å². The van der Waals surface area contributed by atoms with E-state index in [2.05, 4.69) is 28.2 Å². The molecule has 8 heteroatoms. The Bertz CT molecular complexity index is 1010. The van der Waals surface area contributed by atoms with Gasteiger partial charge in [0, 0.05) is 40.8 Å². The van der Waals surface area contributed by atoms with Crippen molar-refractivity contribution in [3.8, 4) is 0 Å². The van der Waals surface area contributed by atoms with E-state index in [-0.39, 0.29) is 12.2 Å². The highest BCUT2D eigenvalue weighted by molar-refractivity contribution is 7.80. The molecule has 0 aliphatic carbocycles. The number of nitrogens with one attached hydrogen (secondary N) is 3. The predicted molar refractivity (Wildman–Crippen MR) is 122 cm³/mol. The van der Waals surface area contributed by atoms with Crippen LogP contribution in [0.25, 0.3) is 10.9 Å². The van der Waals surface area contributed by atoms with Crippen LogP contribution in [0.3, 0.4) is 0 Å².